The molecule has 0 radical (unpaired) electrons. The molecule has 0 unspecified atom stereocenters. The number of nitrogens with one attached hydrogen (secondary N) is 2. The van der Waals surface area contributed by atoms with Crippen LogP contribution in [0.1, 0.15) is 12.0 Å². The zero-order chi connectivity index (χ0) is 18.5. The van der Waals surface area contributed by atoms with Gasteiger partial charge in [-0.15, -0.1) is 0 Å². The molecule has 0 bridgehead atoms. The van der Waals surface area contributed by atoms with Crippen molar-refractivity contribution in [3.8, 4) is 0 Å². The lowest BCUT2D eigenvalue weighted by Gasteiger charge is -2.18. The molecule has 2 N–H and O–H groups in total. The summed E-state index contributed by atoms with van der Waals surface area (Å²) in [5.74, 6) is 0. The third-order valence-corrected chi connectivity index (χ3v) is 4.82. The largest absolute Gasteiger partial charge is 0.358 e. The van der Waals surface area contributed by atoms with Gasteiger partial charge in [-0.1, -0.05) is 41.9 Å². The second-order valence-corrected chi connectivity index (χ2v) is 7.04. The van der Waals surface area contributed by atoms with E-state index in [-0.39, 0.29) is 11.7 Å². The van der Waals surface area contributed by atoms with Crippen LogP contribution in [0.25, 0.3) is 0 Å². The molecule has 0 aromatic heterocycles. The van der Waals surface area contributed by atoms with Crippen LogP contribution in [0.3, 0.4) is 0 Å². The van der Waals surface area contributed by atoms with E-state index in [0.717, 1.165) is 26.1 Å². The molecule has 1 heterocycles. The second kappa shape index (κ2) is 8.44. The Morgan fingerprint density at radius 3 is 2.81 bits per heavy atom. The number of thiocarbonyl (C=S) groups is 1. The zero-order valence-electron chi connectivity index (χ0n) is 14.0. The summed E-state index contributed by atoms with van der Waals surface area (Å²) in [6.45, 7) is 2.79. The highest BCUT2D eigenvalue weighted by Gasteiger charge is 2.23. The van der Waals surface area contributed by atoms with Crippen LogP contribution in [0.4, 0.5) is 11.4 Å². The van der Waals surface area contributed by atoms with Crippen molar-refractivity contribution in [3.05, 3.63) is 69.2 Å². The van der Waals surface area contributed by atoms with E-state index >= 15 is 0 Å². The number of nitro benzene ring substituents is 1. The Balaban J connectivity index is 1.53. The van der Waals surface area contributed by atoms with Crippen LogP contribution >= 0.6 is 23.8 Å². The van der Waals surface area contributed by atoms with Crippen molar-refractivity contribution in [2.24, 2.45) is 0 Å². The van der Waals surface area contributed by atoms with Crippen molar-refractivity contribution in [2.45, 2.75) is 19.0 Å². The van der Waals surface area contributed by atoms with E-state index in [1.807, 2.05) is 18.2 Å². The van der Waals surface area contributed by atoms with Gasteiger partial charge in [0, 0.05) is 37.8 Å². The van der Waals surface area contributed by atoms with E-state index in [1.54, 1.807) is 0 Å². The van der Waals surface area contributed by atoms with E-state index in [2.05, 4.69) is 27.7 Å². The van der Waals surface area contributed by atoms with Gasteiger partial charge in [0.05, 0.1) is 15.6 Å². The molecule has 2 aromatic rings. The van der Waals surface area contributed by atoms with Gasteiger partial charge < -0.3 is 10.6 Å². The fourth-order valence-electron chi connectivity index (χ4n) is 3.00. The Morgan fingerprint density at radius 2 is 2.08 bits per heavy atom. The van der Waals surface area contributed by atoms with E-state index in [1.165, 1.54) is 23.8 Å². The third-order valence-electron chi connectivity index (χ3n) is 4.27. The Kier molecular flexibility index (Phi) is 6.03. The highest BCUT2D eigenvalue weighted by molar-refractivity contribution is 7.80. The summed E-state index contributed by atoms with van der Waals surface area (Å²) < 4.78 is 0. The molecule has 2 aromatic carbocycles. The smallest absolute Gasteiger partial charge is 0.271 e. The number of hydrogen-bond acceptors (Lipinski definition) is 4. The molecule has 0 saturated carbocycles. The first kappa shape index (κ1) is 18.6. The van der Waals surface area contributed by atoms with Crippen molar-refractivity contribution in [1.29, 1.82) is 0 Å². The van der Waals surface area contributed by atoms with Gasteiger partial charge in [0.1, 0.15) is 0 Å². The minimum Gasteiger partial charge on any atom is -0.358 e. The van der Waals surface area contributed by atoms with Crippen LogP contribution in [-0.4, -0.2) is 34.1 Å². The van der Waals surface area contributed by atoms with E-state index in [9.17, 15) is 10.1 Å². The quantitative estimate of drug-likeness (QED) is 0.459. The van der Waals surface area contributed by atoms with Crippen LogP contribution in [0.5, 0.6) is 0 Å². The molecule has 1 atom stereocenters. The number of likely N-dealkylation sites (tertiary alicyclic amines) is 1. The summed E-state index contributed by atoms with van der Waals surface area (Å²) in [6.07, 6.45) is 0.983. The van der Waals surface area contributed by atoms with E-state index in [4.69, 9.17) is 23.8 Å². The molecule has 6 nitrogen and oxygen atoms in total. The van der Waals surface area contributed by atoms with Gasteiger partial charge in [0.25, 0.3) is 5.69 Å². The Hall–Kier alpha value is -2.22. The predicted molar refractivity (Wildman–Crippen MR) is 108 cm³/mol. The molecule has 1 aliphatic heterocycles. The maximum atomic E-state index is 10.9. The van der Waals surface area contributed by atoms with E-state index < -0.39 is 4.92 Å². The summed E-state index contributed by atoms with van der Waals surface area (Å²) in [5.41, 5.74) is 1.68. The Bertz CT molecular complexity index is 803. The lowest BCUT2D eigenvalue weighted by atomic mass is 10.2. The van der Waals surface area contributed by atoms with Gasteiger partial charge in [0.2, 0.25) is 0 Å². The van der Waals surface area contributed by atoms with Crippen LogP contribution < -0.4 is 10.6 Å². The molecular formula is C18H19ClN4O2S. The van der Waals surface area contributed by atoms with Crippen molar-refractivity contribution >= 4 is 40.3 Å². The first-order valence-electron chi connectivity index (χ1n) is 8.29. The molecule has 8 heteroatoms. The van der Waals surface area contributed by atoms with Gasteiger partial charge in [0.15, 0.2) is 5.11 Å². The van der Waals surface area contributed by atoms with E-state index in [0.29, 0.717) is 15.8 Å². The fraction of sp³-hybridized carbons (Fsp3) is 0.278. The van der Waals surface area contributed by atoms with Crippen molar-refractivity contribution in [2.75, 3.05) is 18.4 Å². The Labute approximate surface area is 162 Å². The summed E-state index contributed by atoms with van der Waals surface area (Å²) >= 11 is 11.4. The highest BCUT2D eigenvalue weighted by Crippen LogP contribution is 2.26. The van der Waals surface area contributed by atoms with Gasteiger partial charge in [-0.3, -0.25) is 15.0 Å². The number of benzene rings is 2. The SMILES string of the molecule is O=[N+]([O-])c1ccc(Cl)c(NC(=S)N[C@@H]2CCN(Cc3ccccc3)C2)c1. The third kappa shape index (κ3) is 4.91. The number of nitro groups is 1. The maximum Gasteiger partial charge on any atom is 0.271 e. The number of hydrogen-bond donors (Lipinski definition) is 2. The highest BCUT2D eigenvalue weighted by atomic mass is 35.5. The van der Waals surface area contributed by atoms with Crippen LogP contribution in [0.2, 0.25) is 5.02 Å². The predicted octanol–water partition coefficient (Wildman–Crippen LogP) is 3.81. The monoisotopic (exact) mass is 390 g/mol. The summed E-state index contributed by atoms with van der Waals surface area (Å²) in [6, 6.07) is 14.8. The van der Waals surface area contributed by atoms with Gasteiger partial charge in [-0.2, -0.15) is 0 Å². The molecule has 1 fully saturated rings. The topological polar surface area (TPSA) is 70.4 Å². The summed E-state index contributed by atoms with van der Waals surface area (Å²) in [4.78, 5) is 12.8. The molecular weight excluding hydrogens is 372 g/mol. The summed E-state index contributed by atoms with van der Waals surface area (Å²) in [7, 11) is 0. The molecule has 26 heavy (non-hydrogen) atoms. The van der Waals surface area contributed by atoms with Gasteiger partial charge in [-0.25, -0.2) is 0 Å². The van der Waals surface area contributed by atoms with Crippen molar-refractivity contribution < 1.29 is 4.92 Å². The fourth-order valence-corrected chi connectivity index (χ4v) is 3.44. The lowest BCUT2D eigenvalue weighted by molar-refractivity contribution is -0.384. The molecule has 136 valence electrons. The van der Waals surface area contributed by atoms with Crippen LogP contribution in [0, 0.1) is 10.1 Å². The minimum atomic E-state index is -0.462. The maximum absolute atomic E-state index is 10.9. The molecule has 0 spiro atoms. The first-order chi connectivity index (χ1) is 12.5. The van der Waals surface area contributed by atoms with Crippen molar-refractivity contribution in [1.82, 2.24) is 10.2 Å². The number of non-ortho nitro benzene ring substituents is 1. The van der Waals surface area contributed by atoms with Gasteiger partial charge in [-0.05, 0) is 30.3 Å². The van der Waals surface area contributed by atoms with Crippen LogP contribution in [0.15, 0.2) is 48.5 Å². The Morgan fingerprint density at radius 1 is 1.31 bits per heavy atom. The molecule has 1 saturated heterocycles. The number of nitrogens with zero attached hydrogens (tertiary/aromatic N) is 2. The number of rotatable bonds is 5. The average Bonchev–Trinajstić information content (AvgIpc) is 3.04. The van der Waals surface area contributed by atoms with Crippen LogP contribution in [-0.2, 0) is 6.54 Å². The summed E-state index contributed by atoms with van der Waals surface area (Å²) in [5, 5.41) is 17.9. The minimum absolute atomic E-state index is 0.0328. The number of halogens is 1. The lowest BCUT2D eigenvalue weighted by Crippen LogP contribution is -2.39. The molecule has 0 aliphatic carbocycles. The molecule has 0 amide bonds. The van der Waals surface area contributed by atoms with Crippen molar-refractivity contribution in [3.63, 3.8) is 0 Å². The normalized spacial score (nSPS) is 17.0. The first-order valence-corrected chi connectivity index (χ1v) is 9.07. The van der Waals surface area contributed by atoms with Gasteiger partial charge >= 0.3 is 0 Å². The second-order valence-electron chi connectivity index (χ2n) is 6.23. The zero-order valence-corrected chi connectivity index (χ0v) is 15.6. The standard InChI is InChI=1S/C18H19ClN4O2S/c19-16-7-6-15(23(24)25)10-17(16)21-18(26)20-14-8-9-22(12-14)11-13-4-2-1-3-5-13/h1-7,10,14H,8-9,11-12H2,(H2,20,21,26)/t14-/m1/s1. The average molecular weight is 391 g/mol. The number of anilines is 1. The molecule has 1 aliphatic rings. The molecule has 3 rings (SSSR count).